The standard InChI is InChI=1S/C18H26O9/c1-11(2)14(22)25-18(26-15(23)12(3)4,27-16(24)13(5)6)7-17(8-19,9-20)10-21/h19-21H,1,3,5,7-10H2,2,4,6H3. The summed E-state index contributed by atoms with van der Waals surface area (Å²) in [5, 5.41) is 28.7. The molecule has 0 saturated heterocycles. The highest BCUT2D eigenvalue weighted by atomic mass is 16.9. The highest BCUT2D eigenvalue weighted by Crippen LogP contribution is 2.34. The van der Waals surface area contributed by atoms with Crippen LogP contribution in [-0.2, 0) is 28.6 Å². The minimum atomic E-state index is -2.71. The molecule has 9 heteroatoms. The molecule has 0 rings (SSSR count). The summed E-state index contributed by atoms with van der Waals surface area (Å²) >= 11 is 0. The Hall–Kier alpha value is -2.49. The van der Waals surface area contributed by atoms with Crippen LogP contribution in [0.4, 0.5) is 0 Å². The van der Waals surface area contributed by atoms with Crippen LogP contribution in [0.1, 0.15) is 27.2 Å². The van der Waals surface area contributed by atoms with Gasteiger partial charge in [-0.1, -0.05) is 19.7 Å². The van der Waals surface area contributed by atoms with E-state index in [0.29, 0.717) is 0 Å². The van der Waals surface area contributed by atoms with Crippen molar-refractivity contribution in [3.05, 3.63) is 36.5 Å². The average Bonchev–Trinajstić information content (AvgIpc) is 2.59. The zero-order valence-electron chi connectivity index (χ0n) is 15.7. The normalized spacial score (nSPS) is 11.3. The first-order chi connectivity index (χ1) is 12.4. The van der Waals surface area contributed by atoms with Crippen LogP contribution < -0.4 is 0 Å². The van der Waals surface area contributed by atoms with Crippen molar-refractivity contribution in [3.8, 4) is 0 Å². The Bertz CT molecular complexity index is 551. The number of carbonyl (C=O) groups is 3. The largest absolute Gasteiger partial charge is 0.424 e. The molecular formula is C18H26O9. The number of aliphatic hydroxyl groups is 3. The number of ether oxygens (including phenoxy) is 3. The van der Waals surface area contributed by atoms with Crippen molar-refractivity contribution in [1.82, 2.24) is 0 Å². The van der Waals surface area contributed by atoms with Gasteiger partial charge in [0.1, 0.15) is 0 Å². The molecule has 3 N–H and O–H groups in total. The molecule has 0 unspecified atom stereocenters. The number of aliphatic hydroxyl groups excluding tert-OH is 3. The Kier molecular flexibility index (Phi) is 9.08. The van der Waals surface area contributed by atoms with Gasteiger partial charge in [-0.15, -0.1) is 0 Å². The summed E-state index contributed by atoms with van der Waals surface area (Å²) in [6, 6.07) is 0. The molecule has 152 valence electrons. The van der Waals surface area contributed by atoms with E-state index in [1.807, 2.05) is 0 Å². The van der Waals surface area contributed by atoms with Gasteiger partial charge in [-0.2, -0.15) is 0 Å². The van der Waals surface area contributed by atoms with Crippen LogP contribution in [0.5, 0.6) is 0 Å². The minimum Gasteiger partial charge on any atom is -0.396 e. The molecule has 0 radical (unpaired) electrons. The Morgan fingerprint density at radius 1 is 0.704 bits per heavy atom. The Labute approximate surface area is 157 Å². The second-order valence-corrected chi connectivity index (χ2v) is 6.34. The van der Waals surface area contributed by atoms with E-state index in [0.717, 1.165) is 0 Å². The summed E-state index contributed by atoms with van der Waals surface area (Å²) in [7, 11) is 0. The third-order valence-corrected chi connectivity index (χ3v) is 3.39. The van der Waals surface area contributed by atoms with E-state index >= 15 is 0 Å². The highest BCUT2D eigenvalue weighted by molar-refractivity contribution is 5.90. The molecule has 0 fully saturated rings. The van der Waals surface area contributed by atoms with Gasteiger partial charge in [0, 0.05) is 16.7 Å². The molecule has 0 amide bonds. The molecule has 0 bridgehead atoms. The lowest BCUT2D eigenvalue weighted by molar-refractivity contribution is -0.341. The maximum atomic E-state index is 12.1. The first kappa shape index (κ1) is 24.5. The van der Waals surface area contributed by atoms with Gasteiger partial charge in [0.15, 0.2) is 0 Å². The third-order valence-electron chi connectivity index (χ3n) is 3.39. The number of hydrogen-bond donors (Lipinski definition) is 3. The summed E-state index contributed by atoms with van der Waals surface area (Å²) in [5.74, 6) is -5.96. The molecule has 0 aliphatic carbocycles. The predicted octanol–water partition coefficient (Wildman–Crippen LogP) is 0.351. The molecule has 0 aliphatic rings. The Morgan fingerprint density at radius 2 is 0.963 bits per heavy atom. The van der Waals surface area contributed by atoms with Gasteiger partial charge >= 0.3 is 23.9 Å². The van der Waals surface area contributed by atoms with Gasteiger partial charge in [0.2, 0.25) is 0 Å². The molecule has 0 atom stereocenters. The second kappa shape index (κ2) is 10.0. The summed E-state index contributed by atoms with van der Waals surface area (Å²) in [4.78, 5) is 36.2. The van der Waals surface area contributed by atoms with Crippen LogP contribution >= 0.6 is 0 Å². The monoisotopic (exact) mass is 386 g/mol. The van der Waals surface area contributed by atoms with Gasteiger partial charge in [-0.25, -0.2) is 14.4 Å². The maximum absolute atomic E-state index is 12.1. The lowest BCUT2D eigenvalue weighted by Gasteiger charge is -2.38. The fourth-order valence-electron chi connectivity index (χ4n) is 1.63. The SMILES string of the molecule is C=C(C)C(=O)OC(CC(CO)(CO)CO)(OC(=O)C(=C)C)OC(=O)C(=C)C. The van der Waals surface area contributed by atoms with Crippen LogP contribution in [0.2, 0.25) is 0 Å². The maximum Gasteiger partial charge on any atom is 0.424 e. The van der Waals surface area contributed by atoms with Gasteiger partial charge in [0.05, 0.1) is 31.7 Å². The molecule has 0 aromatic carbocycles. The predicted molar refractivity (Wildman–Crippen MR) is 93.8 cm³/mol. The Balaban J connectivity index is 6.32. The summed E-state index contributed by atoms with van der Waals surface area (Å²) in [6.07, 6.45) is -0.763. The molecule has 0 saturated carbocycles. The zero-order chi connectivity index (χ0) is 21.4. The van der Waals surface area contributed by atoms with Crippen molar-refractivity contribution in [2.24, 2.45) is 5.41 Å². The van der Waals surface area contributed by atoms with E-state index in [-0.39, 0.29) is 16.7 Å². The molecule has 0 aromatic heterocycles. The van der Waals surface area contributed by atoms with Crippen LogP contribution in [-0.4, -0.2) is 59.0 Å². The van der Waals surface area contributed by atoms with Crippen molar-refractivity contribution in [2.45, 2.75) is 33.2 Å². The van der Waals surface area contributed by atoms with Crippen molar-refractivity contribution < 1.29 is 43.9 Å². The van der Waals surface area contributed by atoms with E-state index in [1.165, 1.54) is 20.8 Å². The first-order valence-electron chi connectivity index (χ1n) is 7.86. The number of hydrogen-bond acceptors (Lipinski definition) is 9. The van der Waals surface area contributed by atoms with Crippen LogP contribution in [0.25, 0.3) is 0 Å². The van der Waals surface area contributed by atoms with E-state index in [1.54, 1.807) is 0 Å². The highest BCUT2D eigenvalue weighted by Gasteiger charge is 2.51. The molecule has 0 heterocycles. The average molecular weight is 386 g/mol. The van der Waals surface area contributed by atoms with Crippen molar-refractivity contribution in [2.75, 3.05) is 19.8 Å². The molecule has 0 spiro atoms. The summed E-state index contributed by atoms with van der Waals surface area (Å²) < 4.78 is 15.2. The van der Waals surface area contributed by atoms with E-state index in [4.69, 9.17) is 14.2 Å². The lowest BCUT2D eigenvalue weighted by atomic mass is 9.86. The van der Waals surface area contributed by atoms with Crippen molar-refractivity contribution >= 4 is 17.9 Å². The molecule has 9 nitrogen and oxygen atoms in total. The van der Waals surface area contributed by atoms with Crippen molar-refractivity contribution in [1.29, 1.82) is 0 Å². The summed E-state index contributed by atoms with van der Waals surface area (Å²) in [5.41, 5.74) is -2.06. The number of carbonyl (C=O) groups excluding carboxylic acids is 3. The van der Waals surface area contributed by atoms with E-state index in [9.17, 15) is 29.7 Å². The van der Waals surface area contributed by atoms with E-state index in [2.05, 4.69) is 19.7 Å². The quantitative estimate of drug-likeness (QED) is 0.261. The van der Waals surface area contributed by atoms with Crippen molar-refractivity contribution in [3.63, 3.8) is 0 Å². The number of esters is 3. The Morgan fingerprint density at radius 3 is 1.15 bits per heavy atom. The molecular weight excluding hydrogens is 360 g/mol. The fourth-order valence-corrected chi connectivity index (χ4v) is 1.63. The smallest absolute Gasteiger partial charge is 0.396 e. The fraction of sp³-hybridized carbons (Fsp3) is 0.500. The molecule has 0 aromatic rings. The minimum absolute atomic E-state index is 0.111. The van der Waals surface area contributed by atoms with E-state index < -0.39 is 55.5 Å². The zero-order valence-corrected chi connectivity index (χ0v) is 15.7. The number of rotatable bonds is 11. The van der Waals surface area contributed by atoms with Crippen LogP contribution in [0, 0.1) is 5.41 Å². The van der Waals surface area contributed by atoms with Gasteiger partial charge in [0.25, 0.3) is 0 Å². The second-order valence-electron chi connectivity index (χ2n) is 6.34. The summed E-state index contributed by atoms with van der Waals surface area (Å²) in [6.45, 7) is 11.6. The van der Waals surface area contributed by atoms with Gasteiger partial charge in [-0.3, -0.25) is 0 Å². The lowest BCUT2D eigenvalue weighted by Crippen LogP contribution is -2.51. The molecule has 0 aliphatic heterocycles. The van der Waals surface area contributed by atoms with Crippen LogP contribution in [0.3, 0.4) is 0 Å². The topological polar surface area (TPSA) is 140 Å². The third kappa shape index (κ3) is 6.97. The molecule has 27 heavy (non-hydrogen) atoms. The first-order valence-corrected chi connectivity index (χ1v) is 7.86. The van der Waals surface area contributed by atoms with Gasteiger partial charge < -0.3 is 29.5 Å². The van der Waals surface area contributed by atoms with Crippen LogP contribution in [0.15, 0.2) is 36.5 Å². The van der Waals surface area contributed by atoms with Gasteiger partial charge in [-0.05, 0) is 20.8 Å².